The Morgan fingerprint density at radius 1 is 1.26 bits per heavy atom. The fourth-order valence-electron chi connectivity index (χ4n) is 1.54. The SMILES string of the molecule is Nc1csc(NN=Cc2ccc3nc(N)sc3c2)n1. The van der Waals surface area contributed by atoms with E-state index in [1.807, 2.05) is 18.2 Å². The molecule has 0 radical (unpaired) electrons. The molecule has 0 saturated heterocycles. The Kier molecular flexibility index (Phi) is 3.02. The maximum atomic E-state index is 5.66. The highest BCUT2D eigenvalue weighted by Gasteiger charge is 2.01. The zero-order chi connectivity index (χ0) is 13.2. The Bertz CT molecular complexity index is 745. The van der Waals surface area contributed by atoms with E-state index >= 15 is 0 Å². The van der Waals surface area contributed by atoms with Crippen LogP contribution in [0.25, 0.3) is 10.2 Å². The number of aromatic nitrogens is 2. The number of anilines is 3. The summed E-state index contributed by atoms with van der Waals surface area (Å²) in [5.74, 6) is 0.490. The number of nitrogen functional groups attached to an aromatic ring is 2. The van der Waals surface area contributed by atoms with E-state index in [1.54, 1.807) is 11.6 Å². The summed E-state index contributed by atoms with van der Waals surface area (Å²) < 4.78 is 1.04. The summed E-state index contributed by atoms with van der Waals surface area (Å²) in [5, 5.41) is 7.10. The molecule has 96 valence electrons. The zero-order valence-electron chi connectivity index (χ0n) is 9.70. The second-order valence-electron chi connectivity index (χ2n) is 3.73. The molecule has 8 heteroatoms. The summed E-state index contributed by atoms with van der Waals surface area (Å²) >= 11 is 2.86. The molecule has 19 heavy (non-hydrogen) atoms. The first kappa shape index (κ1) is 11.9. The highest BCUT2D eigenvalue weighted by Crippen LogP contribution is 2.24. The van der Waals surface area contributed by atoms with E-state index in [1.165, 1.54) is 22.7 Å². The third-order valence-corrected chi connectivity index (χ3v) is 3.94. The van der Waals surface area contributed by atoms with Crippen LogP contribution in [-0.4, -0.2) is 16.2 Å². The first-order valence-corrected chi connectivity index (χ1v) is 7.06. The molecule has 6 nitrogen and oxygen atoms in total. The lowest BCUT2D eigenvalue weighted by Gasteiger charge is -1.94. The Morgan fingerprint density at radius 2 is 2.16 bits per heavy atom. The number of hydrogen-bond acceptors (Lipinski definition) is 8. The van der Waals surface area contributed by atoms with Crippen LogP contribution >= 0.6 is 22.7 Å². The molecular weight excluding hydrogens is 280 g/mol. The summed E-state index contributed by atoms with van der Waals surface area (Å²) in [6, 6.07) is 5.85. The van der Waals surface area contributed by atoms with Crippen molar-refractivity contribution >= 4 is 55.2 Å². The maximum absolute atomic E-state index is 5.66. The normalized spacial score (nSPS) is 11.4. The summed E-state index contributed by atoms with van der Waals surface area (Å²) in [4.78, 5) is 8.24. The van der Waals surface area contributed by atoms with Crippen LogP contribution in [0, 0.1) is 0 Å². The molecule has 5 N–H and O–H groups in total. The Labute approximate surface area is 116 Å². The summed E-state index contributed by atoms with van der Waals surface area (Å²) in [6.07, 6.45) is 1.72. The predicted molar refractivity (Wildman–Crippen MR) is 81.8 cm³/mol. The van der Waals surface area contributed by atoms with E-state index < -0.39 is 0 Å². The van der Waals surface area contributed by atoms with Crippen LogP contribution in [-0.2, 0) is 0 Å². The smallest absolute Gasteiger partial charge is 0.205 e. The first-order chi connectivity index (χ1) is 9.20. The lowest BCUT2D eigenvalue weighted by Crippen LogP contribution is -1.91. The predicted octanol–water partition coefficient (Wildman–Crippen LogP) is 2.36. The molecule has 0 amide bonds. The number of hydrogen-bond donors (Lipinski definition) is 3. The molecule has 0 spiro atoms. The van der Waals surface area contributed by atoms with Crippen LogP contribution in [0.15, 0.2) is 28.7 Å². The van der Waals surface area contributed by atoms with Gasteiger partial charge in [0.05, 0.1) is 16.4 Å². The van der Waals surface area contributed by atoms with E-state index in [-0.39, 0.29) is 0 Å². The van der Waals surface area contributed by atoms with E-state index in [0.717, 1.165) is 15.8 Å². The number of nitrogens with two attached hydrogens (primary N) is 2. The fourth-order valence-corrected chi connectivity index (χ4v) is 2.87. The number of nitrogens with zero attached hydrogens (tertiary/aromatic N) is 3. The quantitative estimate of drug-likeness (QED) is 0.507. The lowest BCUT2D eigenvalue weighted by molar-refractivity contribution is 1.29. The topological polar surface area (TPSA) is 102 Å². The van der Waals surface area contributed by atoms with Crippen LogP contribution in [0.1, 0.15) is 5.56 Å². The van der Waals surface area contributed by atoms with Crippen molar-refractivity contribution in [2.45, 2.75) is 0 Å². The Balaban J connectivity index is 1.77. The van der Waals surface area contributed by atoms with Gasteiger partial charge in [-0.25, -0.2) is 9.97 Å². The number of fused-ring (bicyclic) bond motifs is 1. The van der Waals surface area contributed by atoms with Gasteiger partial charge >= 0.3 is 0 Å². The van der Waals surface area contributed by atoms with E-state index in [4.69, 9.17) is 11.5 Å². The standard InChI is InChI=1S/C11H10N6S2/c12-9-5-18-11(16-9)17-14-4-6-1-2-7-8(3-6)19-10(13)15-7/h1-5H,12H2,(H2,13,15)(H,16,17). The summed E-state index contributed by atoms with van der Waals surface area (Å²) in [7, 11) is 0. The third-order valence-electron chi connectivity index (χ3n) is 2.32. The van der Waals surface area contributed by atoms with Gasteiger partial charge in [-0.1, -0.05) is 17.4 Å². The molecule has 0 atom stereocenters. The molecule has 3 rings (SSSR count). The number of rotatable bonds is 3. The van der Waals surface area contributed by atoms with Crippen molar-refractivity contribution in [1.82, 2.24) is 9.97 Å². The van der Waals surface area contributed by atoms with Gasteiger partial charge in [-0.05, 0) is 17.7 Å². The minimum Gasteiger partial charge on any atom is -0.383 e. The first-order valence-electron chi connectivity index (χ1n) is 5.37. The van der Waals surface area contributed by atoms with Crippen molar-refractivity contribution in [3.05, 3.63) is 29.1 Å². The van der Waals surface area contributed by atoms with Crippen LogP contribution < -0.4 is 16.9 Å². The number of thiazole rings is 2. The van der Waals surface area contributed by atoms with Gasteiger partial charge in [-0.2, -0.15) is 5.10 Å². The van der Waals surface area contributed by atoms with E-state index in [0.29, 0.717) is 16.1 Å². The monoisotopic (exact) mass is 290 g/mol. The lowest BCUT2D eigenvalue weighted by atomic mass is 10.2. The molecule has 0 unspecified atom stereocenters. The largest absolute Gasteiger partial charge is 0.383 e. The zero-order valence-corrected chi connectivity index (χ0v) is 11.3. The average molecular weight is 290 g/mol. The molecule has 0 aliphatic carbocycles. The molecule has 0 saturated carbocycles. The highest BCUT2D eigenvalue weighted by molar-refractivity contribution is 7.22. The average Bonchev–Trinajstić information content (AvgIpc) is 2.94. The molecule has 2 aromatic heterocycles. The number of nitrogens with one attached hydrogen (secondary N) is 1. The maximum Gasteiger partial charge on any atom is 0.205 e. The van der Waals surface area contributed by atoms with E-state index in [2.05, 4.69) is 20.5 Å². The van der Waals surface area contributed by atoms with Gasteiger partial charge in [-0.3, -0.25) is 5.43 Å². The van der Waals surface area contributed by atoms with Gasteiger partial charge in [0.2, 0.25) is 5.13 Å². The summed E-state index contributed by atoms with van der Waals surface area (Å²) in [6.45, 7) is 0. The molecular formula is C11H10N6S2. The van der Waals surface area contributed by atoms with Gasteiger partial charge in [-0.15, -0.1) is 11.3 Å². The highest BCUT2D eigenvalue weighted by atomic mass is 32.1. The minimum absolute atomic E-state index is 0.490. The summed E-state index contributed by atoms with van der Waals surface area (Å²) in [5.41, 5.74) is 15.9. The molecule has 2 heterocycles. The van der Waals surface area contributed by atoms with Crippen LogP contribution in [0.5, 0.6) is 0 Å². The van der Waals surface area contributed by atoms with Gasteiger partial charge < -0.3 is 11.5 Å². The Morgan fingerprint density at radius 3 is 2.95 bits per heavy atom. The second-order valence-corrected chi connectivity index (χ2v) is 5.65. The molecule has 3 aromatic rings. The minimum atomic E-state index is 0.490. The van der Waals surface area contributed by atoms with Crippen molar-refractivity contribution in [3.8, 4) is 0 Å². The van der Waals surface area contributed by atoms with E-state index in [9.17, 15) is 0 Å². The second kappa shape index (κ2) is 4.82. The van der Waals surface area contributed by atoms with Crippen molar-refractivity contribution in [2.24, 2.45) is 5.10 Å². The molecule has 0 fully saturated rings. The van der Waals surface area contributed by atoms with Crippen molar-refractivity contribution < 1.29 is 0 Å². The Hall–Kier alpha value is -2.19. The van der Waals surface area contributed by atoms with Crippen LogP contribution in [0.4, 0.5) is 16.1 Å². The van der Waals surface area contributed by atoms with Gasteiger partial charge in [0.25, 0.3) is 0 Å². The molecule has 0 aliphatic rings. The van der Waals surface area contributed by atoms with Crippen LogP contribution in [0.3, 0.4) is 0 Å². The van der Waals surface area contributed by atoms with Gasteiger partial charge in [0.15, 0.2) is 5.13 Å². The van der Waals surface area contributed by atoms with Crippen molar-refractivity contribution in [1.29, 1.82) is 0 Å². The molecule has 0 aliphatic heterocycles. The number of hydrazone groups is 1. The van der Waals surface area contributed by atoms with Crippen molar-refractivity contribution in [2.75, 3.05) is 16.9 Å². The van der Waals surface area contributed by atoms with Crippen molar-refractivity contribution in [3.63, 3.8) is 0 Å². The van der Waals surface area contributed by atoms with Gasteiger partial charge in [0, 0.05) is 5.38 Å². The van der Waals surface area contributed by atoms with Gasteiger partial charge in [0.1, 0.15) is 5.82 Å². The molecule has 1 aromatic carbocycles. The van der Waals surface area contributed by atoms with Crippen LogP contribution in [0.2, 0.25) is 0 Å². The third kappa shape index (κ3) is 2.64. The molecule has 0 bridgehead atoms. The fraction of sp³-hybridized carbons (Fsp3) is 0. The number of benzene rings is 1.